The van der Waals surface area contributed by atoms with E-state index in [-0.39, 0.29) is 19.1 Å². The van der Waals surface area contributed by atoms with Crippen molar-refractivity contribution in [2.24, 2.45) is 10.7 Å². The summed E-state index contributed by atoms with van der Waals surface area (Å²) in [5.74, 6) is 0.385. The molecule has 2 aliphatic heterocycles. The molecule has 2 aliphatic rings. The summed E-state index contributed by atoms with van der Waals surface area (Å²) in [6, 6.07) is 6.33. The van der Waals surface area contributed by atoms with Crippen molar-refractivity contribution < 1.29 is 19.4 Å². The van der Waals surface area contributed by atoms with Crippen LogP contribution in [0.3, 0.4) is 0 Å². The molecule has 3 rings (SSSR count). The van der Waals surface area contributed by atoms with Crippen LogP contribution in [-0.2, 0) is 4.79 Å². The number of carbonyl (C=O) groups excluding carboxylic acids is 2. The van der Waals surface area contributed by atoms with Crippen molar-refractivity contribution in [1.82, 2.24) is 14.7 Å². The van der Waals surface area contributed by atoms with Gasteiger partial charge in [0, 0.05) is 14.1 Å². The fourth-order valence-electron chi connectivity index (χ4n) is 3.17. The number of likely N-dealkylation sites (N-methyl/N-ethyl adjacent to an activating group) is 2. The summed E-state index contributed by atoms with van der Waals surface area (Å²) >= 11 is 0. The molecule has 1 aromatic rings. The first-order valence-corrected chi connectivity index (χ1v) is 8.31. The molecule has 2 heterocycles. The average Bonchev–Trinajstić information content (AvgIpc) is 2.93. The highest BCUT2D eigenvalue weighted by molar-refractivity contribution is 6.03. The summed E-state index contributed by atoms with van der Waals surface area (Å²) < 4.78 is 5.60. The molecule has 0 aromatic heterocycles. The van der Waals surface area contributed by atoms with Gasteiger partial charge in [-0.2, -0.15) is 0 Å². The van der Waals surface area contributed by atoms with Gasteiger partial charge in [0.25, 0.3) is 5.91 Å². The number of nitrogens with two attached hydrogens (primary N) is 1. The van der Waals surface area contributed by atoms with E-state index in [4.69, 9.17) is 10.5 Å². The van der Waals surface area contributed by atoms with Crippen LogP contribution in [-0.4, -0.2) is 83.3 Å². The number of carbonyl (C=O) groups is 2. The number of nitrogens with zero attached hydrogens (tertiary/aromatic N) is 4. The Hall–Kier alpha value is -2.81. The lowest BCUT2D eigenvalue weighted by molar-refractivity contribution is -0.136. The average molecular weight is 361 g/mol. The largest absolute Gasteiger partial charge is 0.491 e. The van der Waals surface area contributed by atoms with Gasteiger partial charge in [-0.15, -0.1) is 0 Å². The summed E-state index contributed by atoms with van der Waals surface area (Å²) in [5, 5.41) is 10.3. The van der Waals surface area contributed by atoms with Crippen molar-refractivity contribution in [2.45, 2.75) is 25.2 Å². The Balaban J connectivity index is 1.66. The van der Waals surface area contributed by atoms with Gasteiger partial charge in [-0.1, -0.05) is 12.1 Å². The van der Waals surface area contributed by atoms with Gasteiger partial charge in [0.05, 0.1) is 6.54 Å². The molecule has 3 N–H and O–H groups in total. The number of aliphatic hydroxyl groups is 1. The first kappa shape index (κ1) is 18.0. The van der Waals surface area contributed by atoms with E-state index in [1.165, 1.54) is 16.8 Å². The second kappa shape index (κ2) is 6.83. The van der Waals surface area contributed by atoms with Crippen molar-refractivity contribution in [2.75, 3.05) is 27.2 Å². The number of urea groups is 1. The molecule has 0 unspecified atom stereocenters. The molecule has 0 bridgehead atoms. The Morgan fingerprint density at radius 3 is 2.77 bits per heavy atom. The minimum Gasteiger partial charge on any atom is -0.491 e. The molecule has 0 radical (unpaired) electrons. The smallest absolute Gasteiger partial charge is 0.328 e. The Morgan fingerprint density at radius 1 is 1.35 bits per heavy atom. The molecule has 0 aliphatic carbocycles. The molecule has 1 aromatic carbocycles. The monoisotopic (exact) mass is 361 g/mol. The third kappa shape index (κ3) is 3.17. The topological polar surface area (TPSA) is 112 Å². The summed E-state index contributed by atoms with van der Waals surface area (Å²) in [4.78, 5) is 32.7. The van der Waals surface area contributed by atoms with Crippen molar-refractivity contribution in [1.29, 1.82) is 0 Å². The van der Waals surface area contributed by atoms with E-state index in [0.717, 1.165) is 10.5 Å². The number of aliphatic hydroxyl groups excluding tert-OH is 1. The zero-order chi connectivity index (χ0) is 19.0. The minimum atomic E-state index is -0.885. The number of amides is 3. The maximum absolute atomic E-state index is 12.5. The van der Waals surface area contributed by atoms with E-state index in [2.05, 4.69) is 4.99 Å². The first-order valence-electron chi connectivity index (χ1n) is 8.31. The van der Waals surface area contributed by atoms with E-state index in [9.17, 15) is 14.7 Å². The molecule has 9 heteroatoms. The number of imide groups is 1. The van der Waals surface area contributed by atoms with Crippen molar-refractivity contribution in [3.8, 4) is 5.75 Å². The fourth-order valence-corrected chi connectivity index (χ4v) is 3.17. The Morgan fingerprint density at radius 2 is 2.08 bits per heavy atom. The van der Waals surface area contributed by atoms with Crippen molar-refractivity contribution >= 4 is 17.9 Å². The van der Waals surface area contributed by atoms with Crippen LogP contribution in [0.25, 0.3) is 0 Å². The number of aliphatic imine (C=N–C) groups is 1. The van der Waals surface area contributed by atoms with Crippen LogP contribution in [0.1, 0.15) is 5.56 Å². The Labute approximate surface area is 151 Å². The van der Waals surface area contributed by atoms with Gasteiger partial charge < -0.3 is 25.4 Å². The summed E-state index contributed by atoms with van der Waals surface area (Å²) in [5.41, 5.74) is 7.00. The minimum absolute atomic E-state index is 0.0451. The SMILES string of the molecule is Cc1cccc(OC[C@H](O)CN2C(N)=N[C@@H]3[C@@H]2C(=O)N(C)C(=O)N3C)c1. The van der Waals surface area contributed by atoms with E-state index >= 15 is 0 Å². The molecule has 26 heavy (non-hydrogen) atoms. The number of hydrogen-bond acceptors (Lipinski definition) is 7. The van der Waals surface area contributed by atoms with Crippen LogP contribution in [0.2, 0.25) is 0 Å². The van der Waals surface area contributed by atoms with Crippen LogP contribution in [0.15, 0.2) is 29.3 Å². The van der Waals surface area contributed by atoms with Gasteiger partial charge in [0.15, 0.2) is 18.2 Å². The maximum atomic E-state index is 12.5. The van der Waals surface area contributed by atoms with Crippen molar-refractivity contribution in [3.63, 3.8) is 0 Å². The van der Waals surface area contributed by atoms with Crippen molar-refractivity contribution in [3.05, 3.63) is 29.8 Å². The fraction of sp³-hybridized carbons (Fsp3) is 0.471. The van der Waals surface area contributed by atoms with Crippen LogP contribution in [0.4, 0.5) is 4.79 Å². The van der Waals surface area contributed by atoms with Gasteiger partial charge in [0.1, 0.15) is 18.5 Å². The van der Waals surface area contributed by atoms with Gasteiger partial charge in [0.2, 0.25) is 0 Å². The molecule has 3 atom stereocenters. The molecule has 9 nitrogen and oxygen atoms in total. The summed E-state index contributed by atoms with van der Waals surface area (Å²) in [7, 11) is 2.99. The number of aryl methyl sites for hydroxylation is 1. The molecular formula is C17H23N5O4. The molecule has 140 valence electrons. The highest BCUT2D eigenvalue weighted by atomic mass is 16.5. The number of rotatable bonds is 5. The second-order valence-corrected chi connectivity index (χ2v) is 6.57. The lowest BCUT2D eigenvalue weighted by atomic mass is 10.1. The number of hydrogen-bond donors (Lipinski definition) is 2. The molecule has 1 saturated heterocycles. The summed E-state index contributed by atoms with van der Waals surface area (Å²) in [6.45, 7) is 2.07. The first-order chi connectivity index (χ1) is 12.3. The number of benzene rings is 1. The third-order valence-electron chi connectivity index (χ3n) is 4.59. The highest BCUT2D eigenvalue weighted by Crippen LogP contribution is 2.26. The predicted molar refractivity (Wildman–Crippen MR) is 94.5 cm³/mol. The maximum Gasteiger partial charge on any atom is 0.328 e. The molecular weight excluding hydrogens is 338 g/mol. The zero-order valence-corrected chi connectivity index (χ0v) is 15.0. The van der Waals surface area contributed by atoms with E-state index in [1.807, 2.05) is 31.2 Å². The molecule has 1 fully saturated rings. The lowest BCUT2D eigenvalue weighted by Crippen LogP contribution is -2.65. The number of ether oxygens (including phenoxy) is 1. The van der Waals surface area contributed by atoms with E-state index in [1.54, 1.807) is 7.05 Å². The van der Waals surface area contributed by atoms with Gasteiger partial charge in [-0.05, 0) is 24.6 Å². The quantitative estimate of drug-likeness (QED) is 0.737. The Kier molecular flexibility index (Phi) is 4.73. The number of fused-ring (bicyclic) bond motifs is 1. The highest BCUT2D eigenvalue weighted by Gasteiger charge is 2.50. The van der Waals surface area contributed by atoms with Gasteiger partial charge in [-0.25, -0.2) is 9.79 Å². The number of β-amino-alcohol motifs (C(OH)–C–C–N with tert-alkyl or cyclic N) is 1. The Bertz CT molecular complexity index is 752. The predicted octanol–water partition coefficient (Wildman–Crippen LogP) is -0.416. The summed E-state index contributed by atoms with van der Waals surface area (Å²) in [6.07, 6.45) is -1.57. The van der Waals surface area contributed by atoms with Crippen LogP contribution in [0, 0.1) is 6.92 Å². The molecule has 3 amide bonds. The van der Waals surface area contributed by atoms with Crippen LogP contribution >= 0.6 is 0 Å². The number of guanidine groups is 1. The lowest BCUT2D eigenvalue weighted by Gasteiger charge is -2.40. The second-order valence-electron chi connectivity index (χ2n) is 6.57. The van der Waals surface area contributed by atoms with E-state index < -0.39 is 30.2 Å². The van der Waals surface area contributed by atoms with Crippen LogP contribution in [0.5, 0.6) is 5.75 Å². The molecule has 0 saturated carbocycles. The van der Waals surface area contributed by atoms with Crippen LogP contribution < -0.4 is 10.5 Å². The van der Waals surface area contributed by atoms with E-state index in [0.29, 0.717) is 5.75 Å². The van der Waals surface area contributed by atoms with Gasteiger partial charge in [-0.3, -0.25) is 9.69 Å². The third-order valence-corrected chi connectivity index (χ3v) is 4.59. The zero-order valence-electron chi connectivity index (χ0n) is 15.0. The standard InChI is InChI=1S/C17H23N5O4/c1-10-5-4-6-12(7-10)26-9-11(23)8-22-13-14(19-16(22)18)20(2)17(25)21(3)15(13)24/h4-7,11,13-14,23H,8-9H2,1-3H3,(H2,18,19)/t11-,13-,14+/m1/s1. The molecule has 0 spiro atoms. The normalized spacial score (nSPS) is 23.8. The van der Waals surface area contributed by atoms with Gasteiger partial charge >= 0.3 is 6.03 Å².